The van der Waals surface area contributed by atoms with Crippen LogP contribution in [0.5, 0.6) is 5.75 Å². The molecule has 0 unspecified atom stereocenters. The molecule has 0 spiro atoms. The quantitative estimate of drug-likeness (QED) is 0.888. The van der Waals surface area contributed by atoms with Crippen molar-refractivity contribution in [3.63, 3.8) is 0 Å². The SMILES string of the molecule is NC(=O)c1c(O)ccc(-c2ccccc2)c1C(F)(F)F. The average molecular weight is 281 g/mol. The number of primary amides is 1. The van der Waals surface area contributed by atoms with Crippen LogP contribution in [-0.2, 0) is 6.18 Å². The number of halogens is 3. The number of hydrogen-bond acceptors (Lipinski definition) is 2. The Morgan fingerprint density at radius 2 is 1.65 bits per heavy atom. The number of carbonyl (C=O) groups excluding carboxylic acids is 1. The Morgan fingerprint density at radius 1 is 1.05 bits per heavy atom. The molecule has 3 N–H and O–H groups in total. The highest BCUT2D eigenvalue weighted by Gasteiger charge is 2.39. The van der Waals surface area contributed by atoms with E-state index in [-0.39, 0.29) is 11.1 Å². The van der Waals surface area contributed by atoms with Gasteiger partial charge in [-0.3, -0.25) is 4.79 Å². The standard InChI is InChI=1S/C14H10F3NO2/c15-14(16,17)12-9(8-4-2-1-3-5-8)6-7-10(19)11(12)13(18)20/h1-7,19H,(H2,18,20). The van der Waals surface area contributed by atoms with Gasteiger partial charge in [0, 0.05) is 0 Å². The average Bonchev–Trinajstić information content (AvgIpc) is 2.37. The Morgan fingerprint density at radius 3 is 2.15 bits per heavy atom. The van der Waals surface area contributed by atoms with E-state index in [1.165, 1.54) is 12.1 Å². The van der Waals surface area contributed by atoms with Gasteiger partial charge >= 0.3 is 6.18 Å². The highest BCUT2D eigenvalue weighted by molar-refractivity contribution is 5.99. The molecule has 0 heterocycles. The van der Waals surface area contributed by atoms with Gasteiger partial charge in [0.1, 0.15) is 5.75 Å². The van der Waals surface area contributed by atoms with E-state index < -0.39 is 29.0 Å². The highest BCUT2D eigenvalue weighted by atomic mass is 19.4. The minimum absolute atomic E-state index is 0.204. The van der Waals surface area contributed by atoms with Crippen molar-refractivity contribution in [2.75, 3.05) is 0 Å². The summed E-state index contributed by atoms with van der Waals surface area (Å²) in [5, 5.41) is 9.50. The fourth-order valence-corrected chi connectivity index (χ4v) is 1.99. The van der Waals surface area contributed by atoms with E-state index in [2.05, 4.69) is 0 Å². The molecule has 3 nitrogen and oxygen atoms in total. The maximum atomic E-state index is 13.2. The summed E-state index contributed by atoms with van der Waals surface area (Å²) in [5.74, 6) is -2.11. The van der Waals surface area contributed by atoms with Gasteiger partial charge in [-0.15, -0.1) is 0 Å². The topological polar surface area (TPSA) is 63.3 Å². The van der Waals surface area contributed by atoms with Gasteiger partial charge in [-0.25, -0.2) is 0 Å². The number of benzene rings is 2. The highest BCUT2D eigenvalue weighted by Crippen LogP contribution is 2.42. The lowest BCUT2D eigenvalue weighted by atomic mass is 9.94. The molecular weight excluding hydrogens is 271 g/mol. The van der Waals surface area contributed by atoms with Crippen molar-refractivity contribution < 1.29 is 23.1 Å². The molecule has 0 aliphatic rings. The van der Waals surface area contributed by atoms with Crippen LogP contribution in [0, 0.1) is 0 Å². The third-order valence-corrected chi connectivity index (χ3v) is 2.80. The first-order valence-electron chi connectivity index (χ1n) is 5.60. The maximum Gasteiger partial charge on any atom is 0.417 e. The number of amides is 1. The summed E-state index contributed by atoms with van der Waals surface area (Å²) in [5.41, 5.74) is 2.89. The molecule has 0 aliphatic carbocycles. The second-order valence-corrected chi connectivity index (χ2v) is 4.11. The van der Waals surface area contributed by atoms with E-state index in [4.69, 9.17) is 5.73 Å². The van der Waals surface area contributed by atoms with Gasteiger partial charge in [0.05, 0.1) is 11.1 Å². The molecule has 0 atom stereocenters. The first kappa shape index (κ1) is 13.9. The molecule has 20 heavy (non-hydrogen) atoms. The normalized spacial score (nSPS) is 11.3. The Labute approximate surface area is 112 Å². The number of nitrogens with two attached hydrogens (primary N) is 1. The Balaban J connectivity index is 2.83. The van der Waals surface area contributed by atoms with Gasteiger partial charge in [0.2, 0.25) is 0 Å². The van der Waals surface area contributed by atoms with Crippen molar-refractivity contribution in [3.8, 4) is 16.9 Å². The largest absolute Gasteiger partial charge is 0.507 e. The summed E-state index contributed by atoms with van der Waals surface area (Å²) in [6.45, 7) is 0. The Hall–Kier alpha value is -2.50. The summed E-state index contributed by atoms with van der Waals surface area (Å²) in [7, 11) is 0. The summed E-state index contributed by atoms with van der Waals surface area (Å²) < 4.78 is 39.6. The molecule has 2 aromatic carbocycles. The van der Waals surface area contributed by atoms with Crippen molar-refractivity contribution in [3.05, 3.63) is 53.6 Å². The van der Waals surface area contributed by atoms with E-state index in [0.29, 0.717) is 0 Å². The van der Waals surface area contributed by atoms with Gasteiger partial charge in [-0.2, -0.15) is 13.2 Å². The molecule has 0 saturated carbocycles. The second kappa shape index (κ2) is 4.88. The lowest BCUT2D eigenvalue weighted by Crippen LogP contribution is -2.20. The van der Waals surface area contributed by atoms with Crippen LogP contribution < -0.4 is 5.73 Å². The van der Waals surface area contributed by atoms with Crippen LogP contribution in [0.3, 0.4) is 0 Å². The van der Waals surface area contributed by atoms with Gasteiger partial charge in [0.25, 0.3) is 5.91 Å². The van der Waals surface area contributed by atoms with Crippen molar-refractivity contribution in [1.82, 2.24) is 0 Å². The second-order valence-electron chi connectivity index (χ2n) is 4.11. The van der Waals surface area contributed by atoms with E-state index >= 15 is 0 Å². The number of aromatic hydroxyl groups is 1. The van der Waals surface area contributed by atoms with Crippen LogP contribution in [0.4, 0.5) is 13.2 Å². The molecule has 0 aromatic heterocycles. The summed E-state index contributed by atoms with van der Waals surface area (Å²) in [6.07, 6.45) is -4.81. The van der Waals surface area contributed by atoms with Gasteiger partial charge < -0.3 is 10.8 Å². The smallest absolute Gasteiger partial charge is 0.417 e. The molecule has 2 aromatic rings. The van der Waals surface area contributed by atoms with Crippen LogP contribution in [0.1, 0.15) is 15.9 Å². The van der Waals surface area contributed by atoms with Crippen molar-refractivity contribution >= 4 is 5.91 Å². The van der Waals surface area contributed by atoms with Gasteiger partial charge in [-0.05, 0) is 17.2 Å². The zero-order chi connectivity index (χ0) is 14.9. The van der Waals surface area contributed by atoms with Crippen LogP contribution in [-0.4, -0.2) is 11.0 Å². The maximum absolute atomic E-state index is 13.2. The number of carbonyl (C=O) groups is 1. The van der Waals surface area contributed by atoms with Crippen LogP contribution in [0.15, 0.2) is 42.5 Å². The summed E-state index contributed by atoms with van der Waals surface area (Å²) in [6, 6.07) is 9.90. The molecule has 6 heteroatoms. The fraction of sp³-hybridized carbons (Fsp3) is 0.0714. The van der Waals surface area contributed by atoms with Gasteiger partial charge in [-0.1, -0.05) is 36.4 Å². The number of rotatable bonds is 2. The lowest BCUT2D eigenvalue weighted by molar-refractivity contribution is -0.137. The molecule has 0 bridgehead atoms. The molecule has 0 saturated heterocycles. The van der Waals surface area contributed by atoms with Crippen LogP contribution in [0.2, 0.25) is 0 Å². The van der Waals surface area contributed by atoms with E-state index in [1.54, 1.807) is 18.2 Å². The number of hydrogen-bond donors (Lipinski definition) is 2. The summed E-state index contributed by atoms with van der Waals surface area (Å²) >= 11 is 0. The van der Waals surface area contributed by atoms with E-state index in [1.807, 2.05) is 0 Å². The predicted molar refractivity (Wildman–Crippen MR) is 67.1 cm³/mol. The van der Waals surface area contributed by atoms with Crippen molar-refractivity contribution in [2.24, 2.45) is 5.73 Å². The molecular formula is C14H10F3NO2. The third kappa shape index (κ3) is 2.45. The first-order valence-corrected chi connectivity index (χ1v) is 5.60. The van der Waals surface area contributed by atoms with Crippen LogP contribution in [0.25, 0.3) is 11.1 Å². The third-order valence-electron chi connectivity index (χ3n) is 2.80. The number of phenols is 1. The molecule has 1 amide bonds. The van der Waals surface area contributed by atoms with E-state index in [0.717, 1.165) is 12.1 Å². The summed E-state index contributed by atoms with van der Waals surface area (Å²) in [4.78, 5) is 11.2. The minimum Gasteiger partial charge on any atom is -0.507 e. The van der Waals surface area contributed by atoms with Crippen LogP contribution >= 0.6 is 0 Å². The van der Waals surface area contributed by atoms with Crippen molar-refractivity contribution in [1.29, 1.82) is 0 Å². The Kier molecular flexibility index (Phi) is 3.40. The molecule has 0 fully saturated rings. The molecule has 2 rings (SSSR count). The monoisotopic (exact) mass is 281 g/mol. The zero-order valence-electron chi connectivity index (χ0n) is 10.1. The number of alkyl halides is 3. The first-order chi connectivity index (χ1) is 9.32. The lowest BCUT2D eigenvalue weighted by Gasteiger charge is -2.17. The van der Waals surface area contributed by atoms with Crippen molar-refractivity contribution in [2.45, 2.75) is 6.18 Å². The predicted octanol–water partition coefficient (Wildman–Crippen LogP) is 3.18. The molecule has 0 aliphatic heterocycles. The zero-order valence-corrected chi connectivity index (χ0v) is 10.1. The fourth-order valence-electron chi connectivity index (χ4n) is 1.99. The molecule has 104 valence electrons. The molecule has 0 radical (unpaired) electrons. The van der Waals surface area contributed by atoms with Gasteiger partial charge in [0.15, 0.2) is 0 Å². The minimum atomic E-state index is -4.81. The van der Waals surface area contributed by atoms with E-state index in [9.17, 15) is 23.1 Å². The Bertz CT molecular complexity index is 651.